The zero-order chi connectivity index (χ0) is 16.9. The topological polar surface area (TPSA) is 78.4 Å². The van der Waals surface area contributed by atoms with Crippen molar-refractivity contribution in [3.05, 3.63) is 29.0 Å². The Morgan fingerprint density at radius 3 is 2.88 bits per heavy atom. The first kappa shape index (κ1) is 17.1. The van der Waals surface area contributed by atoms with Crippen LogP contribution in [0.25, 0.3) is 10.9 Å². The number of aliphatic hydroxyl groups is 1. The van der Waals surface area contributed by atoms with Crippen molar-refractivity contribution in [3.8, 4) is 0 Å². The van der Waals surface area contributed by atoms with Gasteiger partial charge in [-0.15, -0.1) is 0 Å². The molecule has 2 heterocycles. The largest absolute Gasteiger partial charge is 0.396 e. The Labute approximate surface area is 149 Å². The fraction of sp³-hybridized carbons (Fsp3) is 0.471. The van der Waals surface area contributed by atoms with Gasteiger partial charge in [-0.1, -0.05) is 15.9 Å². The average Bonchev–Trinajstić information content (AvgIpc) is 2.61. The first-order chi connectivity index (χ1) is 11.7. The molecule has 0 aliphatic carbocycles. The summed E-state index contributed by atoms with van der Waals surface area (Å²) in [5.74, 6) is 1.07. The highest BCUT2D eigenvalue weighted by Crippen LogP contribution is 2.29. The van der Waals surface area contributed by atoms with E-state index in [1.807, 2.05) is 18.2 Å². The first-order valence-corrected chi connectivity index (χ1v) is 9.02. The number of piperidine rings is 1. The molecule has 1 saturated heterocycles. The van der Waals surface area contributed by atoms with Crippen molar-refractivity contribution < 1.29 is 9.90 Å². The summed E-state index contributed by atoms with van der Waals surface area (Å²) >= 11 is 3.50. The number of hydrogen-bond acceptors (Lipinski definition) is 5. The van der Waals surface area contributed by atoms with E-state index in [1.54, 1.807) is 6.33 Å². The summed E-state index contributed by atoms with van der Waals surface area (Å²) in [6.45, 7) is 2.25. The predicted octanol–water partition coefficient (Wildman–Crippen LogP) is 2.11. The number of nitrogens with zero attached hydrogens (tertiary/aromatic N) is 3. The number of halogens is 1. The van der Waals surface area contributed by atoms with E-state index < -0.39 is 0 Å². The van der Waals surface area contributed by atoms with Crippen molar-refractivity contribution in [2.75, 3.05) is 31.1 Å². The molecule has 1 aliphatic heterocycles. The monoisotopic (exact) mass is 392 g/mol. The molecule has 0 unspecified atom stereocenters. The highest BCUT2D eigenvalue weighted by molar-refractivity contribution is 9.10. The predicted molar refractivity (Wildman–Crippen MR) is 96.9 cm³/mol. The molecule has 1 fully saturated rings. The van der Waals surface area contributed by atoms with Gasteiger partial charge < -0.3 is 15.3 Å². The SMILES string of the molecule is O=C(NCCCO)C1CCN(c2ncnc3ccc(Br)cc23)CC1. The molecular formula is C17H21BrN4O2. The van der Waals surface area contributed by atoms with Gasteiger partial charge in [0.25, 0.3) is 0 Å². The van der Waals surface area contributed by atoms with Crippen molar-refractivity contribution in [1.29, 1.82) is 0 Å². The van der Waals surface area contributed by atoms with Gasteiger partial charge in [-0.05, 0) is 37.5 Å². The van der Waals surface area contributed by atoms with Crippen LogP contribution in [-0.2, 0) is 4.79 Å². The van der Waals surface area contributed by atoms with Crippen LogP contribution in [0.3, 0.4) is 0 Å². The maximum atomic E-state index is 12.1. The lowest BCUT2D eigenvalue weighted by Crippen LogP contribution is -2.41. The highest BCUT2D eigenvalue weighted by atomic mass is 79.9. The van der Waals surface area contributed by atoms with Crippen molar-refractivity contribution >= 4 is 38.6 Å². The fourth-order valence-electron chi connectivity index (χ4n) is 3.06. The maximum absolute atomic E-state index is 12.1. The molecule has 0 saturated carbocycles. The molecule has 1 aliphatic rings. The van der Waals surface area contributed by atoms with Crippen molar-refractivity contribution in [1.82, 2.24) is 15.3 Å². The summed E-state index contributed by atoms with van der Waals surface area (Å²) in [6, 6.07) is 5.99. The van der Waals surface area contributed by atoms with Gasteiger partial charge in [0.1, 0.15) is 12.1 Å². The average molecular weight is 393 g/mol. The van der Waals surface area contributed by atoms with Crippen LogP contribution in [-0.4, -0.2) is 47.2 Å². The van der Waals surface area contributed by atoms with Crippen molar-refractivity contribution in [2.24, 2.45) is 5.92 Å². The molecule has 2 aromatic rings. The van der Waals surface area contributed by atoms with Gasteiger partial charge in [0, 0.05) is 42.0 Å². The Morgan fingerprint density at radius 1 is 1.33 bits per heavy atom. The summed E-state index contributed by atoms with van der Waals surface area (Å²) in [6.07, 6.45) is 3.82. The molecule has 0 bridgehead atoms. The third-order valence-corrected chi connectivity index (χ3v) is 4.87. The molecule has 1 aromatic carbocycles. The number of carbonyl (C=O) groups excluding carboxylic acids is 1. The number of anilines is 1. The number of hydrogen-bond donors (Lipinski definition) is 2. The smallest absolute Gasteiger partial charge is 0.223 e. The van der Waals surface area contributed by atoms with E-state index in [2.05, 4.69) is 36.1 Å². The third-order valence-electron chi connectivity index (χ3n) is 4.38. The molecule has 7 heteroatoms. The molecule has 0 radical (unpaired) electrons. The Hall–Kier alpha value is -1.73. The van der Waals surface area contributed by atoms with Gasteiger partial charge in [0.15, 0.2) is 0 Å². The second-order valence-corrected chi connectivity index (χ2v) is 6.90. The quantitative estimate of drug-likeness (QED) is 0.761. The van der Waals surface area contributed by atoms with Crippen LogP contribution < -0.4 is 10.2 Å². The molecule has 128 valence electrons. The fourth-order valence-corrected chi connectivity index (χ4v) is 3.42. The molecule has 0 spiro atoms. The first-order valence-electron chi connectivity index (χ1n) is 8.23. The van der Waals surface area contributed by atoms with E-state index in [1.165, 1.54) is 0 Å². The van der Waals surface area contributed by atoms with Crippen LogP contribution in [0.1, 0.15) is 19.3 Å². The lowest BCUT2D eigenvalue weighted by Gasteiger charge is -2.32. The second kappa shape index (κ2) is 7.90. The third kappa shape index (κ3) is 3.84. The Kier molecular flexibility index (Phi) is 5.63. The van der Waals surface area contributed by atoms with E-state index in [0.717, 1.165) is 47.1 Å². The molecular weight excluding hydrogens is 372 g/mol. The minimum atomic E-state index is 0.0415. The van der Waals surface area contributed by atoms with Crippen LogP contribution in [0.4, 0.5) is 5.82 Å². The van der Waals surface area contributed by atoms with Gasteiger partial charge in [-0.2, -0.15) is 0 Å². The van der Waals surface area contributed by atoms with Crippen LogP contribution in [0.5, 0.6) is 0 Å². The molecule has 6 nitrogen and oxygen atoms in total. The number of amides is 1. The van der Waals surface area contributed by atoms with Crippen LogP contribution in [0.2, 0.25) is 0 Å². The summed E-state index contributed by atoms with van der Waals surface area (Å²) in [4.78, 5) is 23.1. The Morgan fingerprint density at radius 2 is 2.12 bits per heavy atom. The number of aliphatic hydroxyl groups excluding tert-OH is 1. The number of rotatable bonds is 5. The van der Waals surface area contributed by atoms with E-state index in [0.29, 0.717) is 13.0 Å². The van der Waals surface area contributed by atoms with Gasteiger partial charge in [-0.25, -0.2) is 9.97 Å². The molecule has 2 N–H and O–H groups in total. The number of benzene rings is 1. The highest BCUT2D eigenvalue weighted by Gasteiger charge is 2.26. The minimum absolute atomic E-state index is 0.0415. The van der Waals surface area contributed by atoms with Gasteiger partial charge in [0.2, 0.25) is 5.91 Å². The van der Waals surface area contributed by atoms with Gasteiger partial charge >= 0.3 is 0 Å². The Bertz CT molecular complexity index is 717. The number of carbonyl (C=O) groups is 1. The van der Waals surface area contributed by atoms with Crippen LogP contribution in [0, 0.1) is 5.92 Å². The summed E-state index contributed by atoms with van der Waals surface area (Å²) in [5.41, 5.74) is 0.923. The van der Waals surface area contributed by atoms with Crippen molar-refractivity contribution in [2.45, 2.75) is 19.3 Å². The summed E-state index contributed by atoms with van der Waals surface area (Å²) in [7, 11) is 0. The van der Waals surface area contributed by atoms with Gasteiger partial charge in [0.05, 0.1) is 5.52 Å². The maximum Gasteiger partial charge on any atom is 0.223 e. The standard InChI is InChI=1S/C17H21BrN4O2/c18-13-2-3-15-14(10-13)16(21-11-20-15)22-7-4-12(5-8-22)17(24)19-6-1-9-23/h2-3,10-12,23H,1,4-9H2,(H,19,24). The van der Waals surface area contributed by atoms with E-state index >= 15 is 0 Å². The van der Waals surface area contributed by atoms with Crippen molar-refractivity contribution in [3.63, 3.8) is 0 Å². The van der Waals surface area contributed by atoms with E-state index in [-0.39, 0.29) is 18.4 Å². The Balaban J connectivity index is 1.67. The number of nitrogens with one attached hydrogen (secondary N) is 1. The minimum Gasteiger partial charge on any atom is -0.396 e. The molecule has 0 atom stereocenters. The van der Waals surface area contributed by atoms with E-state index in [9.17, 15) is 4.79 Å². The second-order valence-electron chi connectivity index (χ2n) is 5.99. The zero-order valence-corrected chi connectivity index (χ0v) is 15.0. The molecule has 1 amide bonds. The normalized spacial score (nSPS) is 15.7. The van der Waals surface area contributed by atoms with Crippen LogP contribution >= 0.6 is 15.9 Å². The molecule has 24 heavy (non-hydrogen) atoms. The zero-order valence-electron chi connectivity index (χ0n) is 13.4. The lowest BCUT2D eigenvalue weighted by molar-refractivity contribution is -0.125. The summed E-state index contributed by atoms with van der Waals surface area (Å²) in [5, 5.41) is 12.7. The van der Waals surface area contributed by atoms with Gasteiger partial charge in [-0.3, -0.25) is 4.79 Å². The molecule has 1 aromatic heterocycles. The summed E-state index contributed by atoms with van der Waals surface area (Å²) < 4.78 is 1.00. The molecule has 3 rings (SSSR count). The lowest BCUT2D eigenvalue weighted by atomic mass is 9.95. The van der Waals surface area contributed by atoms with E-state index in [4.69, 9.17) is 5.11 Å². The number of fused-ring (bicyclic) bond motifs is 1. The van der Waals surface area contributed by atoms with Crippen LogP contribution in [0.15, 0.2) is 29.0 Å². The number of aromatic nitrogens is 2.